The van der Waals surface area contributed by atoms with Crippen molar-refractivity contribution in [2.75, 3.05) is 13.2 Å². The van der Waals surface area contributed by atoms with Gasteiger partial charge in [0.1, 0.15) is 0 Å². The first kappa shape index (κ1) is 9.01. The molecule has 0 aliphatic carbocycles. The van der Waals surface area contributed by atoms with Gasteiger partial charge in [0.05, 0.1) is 12.2 Å². The molecule has 1 fully saturated rings. The summed E-state index contributed by atoms with van der Waals surface area (Å²) in [4.78, 5) is 0. The molecule has 1 heterocycles. The summed E-state index contributed by atoms with van der Waals surface area (Å²) in [6, 6.07) is 0. The van der Waals surface area contributed by atoms with E-state index in [0.29, 0.717) is 12.5 Å². The molecule has 0 aromatic rings. The highest BCUT2D eigenvalue weighted by atomic mass is 16.5. The van der Waals surface area contributed by atoms with E-state index in [4.69, 9.17) is 4.74 Å². The third-order valence-electron chi connectivity index (χ3n) is 2.51. The van der Waals surface area contributed by atoms with Crippen molar-refractivity contribution >= 4 is 0 Å². The van der Waals surface area contributed by atoms with Crippen molar-refractivity contribution in [3.05, 3.63) is 0 Å². The predicted octanol–water partition coefficient (Wildman–Crippen LogP) is 1.57. The minimum absolute atomic E-state index is 0.505. The summed E-state index contributed by atoms with van der Waals surface area (Å²) in [5, 5.41) is 9.87. The van der Waals surface area contributed by atoms with Crippen LogP contribution in [0.1, 0.15) is 33.1 Å². The van der Waals surface area contributed by atoms with E-state index in [-0.39, 0.29) is 0 Å². The normalized spacial score (nSPS) is 34.1. The lowest BCUT2D eigenvalue weighted by atomic mass is 9.89. The molecule has 66 valence electrons. The van der Waals surface area contributed by atoms with Crippen molar-refractivity contribution in [1.29, 1.82) is 0 Å². The van der Waals surface area contributed by atoms with Gasteiger partial charge in [0, 0.05) is 13.0 Å². The van der Waals surface area contributed by atoms with Crippen LogP contribution in [0.5, 0.6) is 0 Å². The summed E-state index contributed by atoms with van der Waals surface area (Å²) >= 11 is 0. The van der Waals surface area contributed by atoms with Crippen LogP contribution in [0.25, 0.3) is 0 Å². The molecular formula is C9H18O2. The first-order valence-electron chi connectivity index (χ1n) is 4.46. The zero-order chi connectivity index (χ0) is 8.32. The summed E-state index contributed by atoms with van der Waals surface area (Å²) in [5.74, 6) is 0.613. The number of hydrogen-bond acceptors (Lipinski definition) is 2. The second kappa shape index (κ2) is 3.55. The first-order valence-corrected chi connectivity index (χ1v) is 4.46. The second-order valence-corrected chi connectivity index (χ2v) is 3.74. The van der Waals surface area contributed by atoms with E-state index in [1.54, 1.807) is 0 Å². The average Bonchev–Trinajstić information content (AvgIpc) is 2.36. The van der Waals surface area contributed by atoms with Crippen LogP contribution in [0.15, 0.2) is 0 Å². The van der Waals surface area contributed by atoms with E-state index >= 15 is 0 Å². The molecule has 1 saturated heterocycles. The second-order valence-electron chi connectivity index (χ2n) is 3.74. The highest BCUT2D eigenvalue weighted by Gasteiger charge is 2.32. The molecule has 0 amide bonds. The SMILES string of the molecule is CCC(C)CC1(O)CCOC1. The van der Waals surface area contributed by atoms with Gasteiger partial charge in [0.2, 0.25) is 0 Å². The van der Waals surface area contributed by atoms with Gasteiger partial charge in [-0.2, -0.15) is 0 Å². The molecule has 1 N–H and O–H groups in total. The molecule has 0 aromatic carbocycles. The van der Waals surface area contributed by atoms with E-state index in [9.17, 15) is 5.11 Å². The molecular weight excluding hydrogens is 140 g/mol. The third-order valence-corrected chi connectivity index (χ3v) is 2.51. The van der Waals surface area contributed by atoms with Gasteiger partial charge < -0.3 is 9.84 Å². The Bertz CT molecular complexity index is 117. The van der Waals surface area contributed by atoms with Crippen molar-refractivity contribution in [1.82, 2.24) is 0 Å². The summed E-state index contributed by atoms with van der Waals surface area (Å²) in [6.07, 6.45) is 2.85. The fourth-order valence-electron chi connectivity index (χ4n) is 1.55. The highest BCUT2D eigenvalue weighted by Crippen LogP contribution is 2.27. The zero-order valence-corrected chi connectivity index (χ0v) is 7.47. The van der Waals surface area contributed by atoms with Crippen LogP contribution in [-0.2, 0) is 4.74 Å². The number of rotatable bonds is 3. The molecule has 0 spiro atoms. The van der Waals surface area contributed by atoms with Gasteiger partial charge >= 0.3 is 0 Å². The van der Waals surface area contributed by atoms with Gasteiger partial charge in [-0.15, -0.1) is 0 Å². The minimum Gasteiger partial charge on any atom is -0.387 e. The number of aliphatic hydroxyl groups is 1. The largest absolute Gasteiger partial charge is 0.387 e. The van der Waals surface area contributed by atoms with Crippen LogP contribution in [0.2, 0.25) is 0 Å². The molecule has 11 heavy (non-hydrogen) atoms. The van der Waals surface area contributed by atoms with Crippen LogP contribution >= 0.6 is 0 Å². The minimum atomic E-state index is -0.505. The summed E-state index contributed by atoms with van der Waals surface area (Å²) < 4.78 is 5.16. The highest BCUT2D eigenvalue weighted by molar-refractivity contribution is 4.83. The maximum absolute atomic E-state index is 9.87. The molecule has 2 atom stereocenters. The molecule has 0 aromatic heterocycles. The molecule has 2 unspecified atom stereocenters. The molecule has 1 aliphatic rings. The molecule has 1 aliphatic heterocycles. The predicted molar refractivity (Wildman–Crippen MR) is 44.5 cm³/mol. The fourth-order valence-corrected chi connectivity index (χ4v) is 1.55. The summed E-state index contributed by atoms with van der Waals surface area (Å²) in [7, 11) is 0. The van der Waals surface area contributed by atoms with Crippen LogP contribution in [0, 0.1) is 5.92 Å². The van der Waals surface area contributed by atoms with Crippen molar-refractivity contribution in [2.24, 2.45) is 5.92 Å². The van der Waals surface area contributed by atoms with E-state index < -0.39 is 5.60 Å². The monoisotopic (exact) mass is 158 g/mol. The standard InChI is InChI=1S/C9H18O2/c1-3-8(2)6-9(10)4-5-11-7-9/h8,10H,3-7H2,1-2H3. The molecule has 2 heteroatoms. The summed E-state index contributed by atoms with van der Waals surface area (Å²) in [5.41, 5.74) is -0.505. The average molecular weight is 158 g/mol. The maximum Gasteiger partial charge on any atom is 0.0904 e. The Morgan fingerprint density at radius 2 is 2.36 bits per heavy atom. The van der Waals surface area contributed by atoms with Crippen LogP contribution in [-0.4, -0.2) is 23.9 Å². The maximum atomic E-state index is 9.87. The van der Waals surface area contributed by atoms with Crippen LogP contribution < -0.4 is 0 Å². The lowest BCUT2D eigenvalue weighted by Crippen LogP contribution is -2.30. The topological polar surface area (TPSA) is 29.5 Å². The van der Waals surface area contributed by atoms with Crippen molar-refractivity contribution in [2.45, 2.75) is 38.7 Å². The molecule has 0 saturated carbocycles. The number of ether oxygens (including phenoxy) is 1. The lowest BCUT2D eigenvalue weighted by molar-refractivity contribution is 0.00701. The Morgan fingerprint density at radius 3 is 2.82 bits per heavy atom. The Hall–Kier alpha value is -0.0800. The van der Waals surface area contributed by atoms with Gasteiger partial charge in [-0.1, -0.05) is 20.3 Å². The van der Waals surface area contributed by atoms with Gasteiger partial charge in [0.25, 0.3) is 0 Å². The Labute approximate surface area is 68.6 Å². The van der Waals surface area contributed by atoms with E-state index in [1.807, 2.05) is 0 Å². The summed E-state index contributed by atoms with van der Waals surface area (Å²) in [6.45, 7) is 5.60. The van der Waals surface area contributed by atoms with E-state index in [1.165, 1.54) is 0 Å². The molecule has 0 radical (unpaired) electrons. The van der Waals surface area contributed by atoms with E-state index in [2.05, 4.69) is 13.8 Å². The van der Waals surface area contributed by atoms with Crippen LogP contribution in [0.4, 0.5) is 0 Å². The Balaban J connectivity index is 2.33. The van der Waals surface area contributed by atoms with Crippen LogP contribution in [0.3, 0.4) is 0 Å². The Morgan fingerprint density at radius 1 is 1.64 bits per heavy atom. The van der Waals surface area contributed by atoms with Crippen molar-refractivity contribution < 1.29 is 9.84 Å². The zero-order valence-electron chi connectivity index (χ0n) is 7.47. The number of hydrogen-bond donors (Lipinski definition) is 1. The van der Waals surface area contributed by atoms with Gasteiger partial charge in [-0.3, -0.25) is 0 Å². The quantitative estimate of drug-likeness (QED) is 0.675. The molecule has 0 bridgehead atoms. The van der Waals surface area contributed by atoms with Gasteiger partial charge in [-0.25, -0.2) is 0 Å². The Kier molecular flexibility index (Phi) is 2.90. The van der Waals surface area contributed by atoms with E-state index in [0.717, 1.165) is 25.9 Å². The van der Waals surface area contributed by atoms with Gasteiger partial charge in [-0.05, 0) is 12.3 Å². The van der Waals surface area contributed by atoms with Crippen molar-refractivity contribution in [3.8, 4) is 0 Å². The van der Waals surface area contributed by atoms with Crippen molar-refractivity contribution in [3.63, 3.8) is 0 Å². The lowest BCUT2D eigenvalue weighted by Gasteiger charge is -2.23. The molecule has 1 rings (SSSR count). The smallest absolute Gasteiger partial charge is 0.0904 e. The molecule has 2 nitrogen and oxygen atoms in total. The first-order chi connectivity index (χ1) is 5.16. The van der Waals surface area contributed by atoms with Gasteiger partial charge in [0.15, 0.2) is 0 Å². The fraction of sp³-hybridized carbons (Fsp3) is 1.00. The third kappa shape index (κ3) is 2.46.